The summed E-state index contributed by atoms with van der Waals surface area (Å²) in [6.07, 6.45) is 0. The Morgan fingerprint density at radius 1 is 1.08 bits per heavy atom. The van der Waals surface area contributed by atoms with Crippen LogP contribution in [-0.2, 0) is 11.4 Å². The Bertz CT molecular complexity index is 1600. The summed E-state index contributed by atoms with van der Waals surface area (Å²) in [5.74, 6) is 1.16. The van der Waals surface area contributed by atoms with Crippen LogP contribution in [0.15, 0.2) is 65.9 Å². The highest BCUT2D eigenvalue weighted by Gasteiger charge is 2.34. The minimum absolute atomic E-state index is 0.221. The lowest BCUT2D eigenvalue weighted by Crippen LogP contribution is -2.31. The fourth-order valence-electron chi connectivity index (χ4n) is 4.46. The number of benzene rings is 3. The van der Waals surface area contributed by atoms with Gasteiger partial charge in [-0.15, -0.1) is 0 Å². The third kappa shape index (κ3) is 5.28. The second-order valence-corrected chi connectivity index (χ2v) is 9.99. The van der Waals surface area contributed by atoms with Crippen LogP contribution in [0, 0.1) is 13.8 Å². The number of hydrogen-bond donors (Lipinski definition) is 2. The quantitative estimate of drug-likeness (QED) is 0.279. The molecule has 11 heteroatoms. The smallest absolute Gasteiger partial charge is 0.255 e. The lowest BCUT2D eigenvalue weighted by molar-refractivity contribution is -0.113. The van der Waals surface area contributed by atoms with Gasteiger partial charge in [0.15, 0.2) is 11.5 Å². The predicted octanol–water partition coefficient (Wildman–Crippen LogP) is 6.11. The van der Waals surface area contributed by atoms with Gasteiger partial charge in [0.25, 0.3) is 5.91 Å². The Labute approximate surface area is 235 Å². The van der Waals surface area contributed by atoms with E-state index in [1.165, 1.54) is 0 Å². The van der Waals surface area contributed by atoms with E-state index >= 15 is 0 Å². The van der Waals surface area contributed by atoms with E-state index in [1.54, 1.807) is 30.0 Å². The van der Waals surface area contributed by atoms with E-state index < -0.39 is 6.04 Å². The number of aryl methyl sites for hydroxylation is 1. The summed E-state index contributed by atoms with van der Waals surface area (Å²) in [5, 5.41) is 19.3. The maximum atomic E-state index is 13.7. The van der Waals surface area contributed by atoms with Crippen molar-refractivity contribution in [3.8, 4) is 11.5 Å². The minimum atomic E-state index is -0.616. The van der Waals surface area contributed by atoms with Crippen molar-refractivity contribution in [3.63, 3.8) is 0 Å². The van der Waals surface area contributed by atoms with Gasteiger partial charge in [-0.05, 0) is 78.2 Å². The highest BCUT2D eigenvalue weighted by molar-refractivity contribution is 6.35. The predicted molar refractivity (Wildman–Crippen MR) is 151 cm³/mol. The number of tetrazole rings is 1. The number of hydrogen-bond acceptors (Lipinski definition) is 7. The average molecular weight is 565 g/mol. The first-order chi connectivity index (χ1) is 18.8. The number of halogens is 2. The van der Waals surface area contributed by atoms with Crippen LogP contribution < -0.4 is 20.1 Å². The van der Waals surface area contributed by atoms with Gasteiger partial charge in [0.05, 0.1) is 12.7 Å². The SMILES string of the molecule is COc1cc(C2C(C(=O)Nc3cccc(C)c3C)=C(C)Nc3nnnn32)ccc1OCc1ccc(Cl)cc1Cl. The Kier molecular flexibility index (Phi) is 7.45. The number of fused-ring (bicyclic) bond motifs is 1. The number of methoxy groups -OCH3 is 1. The number of carbonyl (C=O) groups is 1. The molecule has 1 aliphatic heterocycles. The second-order valence-electron chi connectivity index (χ2n) is 9.15. The van der Waals surface area contributed by atoms with Crippen molar-refractivity contribution >= 4 is 40.7 Å². The molecule has 1 aliphatic rings. The van der Waals surface area contributed by atoms with Crippen LogP contribution in [-0.4, -0.2) is 33.2 Å². The number of nitrogens with one attached hydrogen (secondary N) is 2. The number of nitrogens with zero attached hydrogens (tertiary/aromatic N) is 4. The van der Waals surface area contributed by atoms with Gasteiger partial charge in [-0.25, -0.2) is 0 Å². The van der Waals surface area contributed by atoms with E-state index in [-0.39, 0.29) is 12.5 Å². The van der Waals surface area contributed by atoms with Gasteiger partial charge in [-0.3, -0.25) is 4.79 Å². The van der Waals surface area contributed by atoms with Gasteiger partial charge in [0.1, 0.15) is 12.6 Å². The first kappa shape index (κ1) is 26.5. The molecule has 0 spiro atoms. The number of carbonyl (C=O) groups excluding carboxylic acids is 1. The molecule has 200 valence electrons. The van der Waals surface area contributed by atoms with Crippen LogP contribution in [0.1, 0.15) is 35.2 Å². The summed E-state index contributed by atoms with van der Waals surface area (Å²) < 4.78 is 13.3. The van der Waals surface area contributed by atoms with E-state index in [0.717, 1.165) is 27.9 Å². The fraction of sp³-hybridized carbons (Fsp3) is 0.214. The zero-order valence-electron chi connectivity index (χ0n) is 21.8. The molecule has 2 N–H and O–H groups in total. The molecule has 4 aromatic rings. The summed E-state index contributed by atoms with van der Waals surface area (Å²) >= 11 is 12.3. The highest BCUT2D eigenvalue weighted by atomic mass is 35.5. The van der Waals surface area contributed by atoms with E-state index in [1.807, 2.05) is 57.2 Å². The number of amides is 1. The highest BCUT2D eigenvalue weighted by Crippen LogP contribution is 2.39. The Hall–Kier alpha value is -4.08. The molecule has 1 amide bonds. The molecule has 1 atom stereocenters. The van der Waals surface area contributed by atoms with Gasteiger partial charge in [0.2, 0.25) is 5.95 Å². The average Bonchev–Trinajstić information content (AvgIpc) is 3.38. The summed E-state index contributed by atoms with van der Waals surface area (Å²) in [7, 11) is 1.56. The Morgan fingerprint density at radius 3 is 2.67 bits per heavy atom. The summed E-state index contributed by atoms with van der Waals surface area (Å²) in [5.41, 5.74) is 5.46. The van der Waals surface area contributed by atoms with Gasteiger partial charge in [0, 0.05) is 27.0 Å². The fourth-order valence-corrected chi connectivity index (χ4v) is 4.92. The molecule has 0 saturated carbocycles. The molecule has 9 nitrogen and oxygen atoms in total. The summed E-state index contributed by atoms with van der Waals surface area (Å²) in [6, 6.07) is 15.9. The van der Waals surface area contributed by atoms with Gasteiger partial charge >= 0.3 is 0 Å². The molecule has 39 heavy (non-hydrogen) atoms. The maximum absolute atomic E-state index is 13.7. The molecule has 0 aliphatic carbocycles. The second kappa shape index (κ2) is 11.0. The van der Waals surface area contributed by atoms with Crippen LogP contribution in [0.5, 0.6) is 11.5 Å². The molecule has 0 saturated heterocycles. The standard InChI is InChI=1S/C28H26Cl2N6O3/c1-15-6-5-7-22(16(15)2)32-27(37)25-17(3)31-28-33-34-35-36(28)26(25)18-9-11-23(24(12-18)38-4)39-14-19-8-10-20(29)13-21(19)30/h5-13,26H,14H2,1-4H3,(H,32,37)(H,31,33,35). The number of anilines is 2. The number of allylic oxidation sites excluding steroid dienone is 1. The van der Waals surface area contributed by atoms with Crippen LogP contribution in [0.2, 0.25) is 10.0 Å². The molecule has 0 radical (unpaired) electrons. The molecule has 2 heterocycles. The summed E-state index contributed by atoms with van der Waals surface area (Å²) in [6.45, 7) is 6.03. The molecule has 0 fully saturated rings. The summed E-state index contributed by atoms with van der Waals surface area (Å²) in [4.78, 5) is 13.7. The molecule has 1 aromatic heterocycles. The normalized spacial score (nSPS) is 14.5. The molecular formula is C28H26Cl2N6O3. The largest absolute Gasteiger partial charge is 0.493 e. The maximum Gasteiger partial charge on any atom is 0.255 e. The van der Waals surface area contributed by atoms with Crippen LogP contribution >= 0.6 is 23.2 Å². The molecule has 0 bridgehead atoms. The molecule has 1 unspecified atom stereocenters. The minimum Gasteiger partial charge on any atom is -0.493 e. The van der Waals surface area contributed by atoms with Crippen molar-refractivity contribution in [2.75, 3.05) is 17.7 Å². The Balaban J connectivity index is 1.48. The number of rotatable bonds is 7. The molecule has 5 rings (SSSR count). The first-order valence-corrected chi connectivity index (χ1v) is 12.9. The molecular weight excluding hydrogens is 539 g/mol. The third-order valence-electron chi connectivity index (χ3n) is 6.71. The van der Waals surface area contributed by atoms with Crippen molar-refractivity contribution in [2.45, 2.75) is 33.4 Å². The van der Waals surface area contributed by atoms with Crippen LogP contribution in [0.4, 0.5) is 11.6 Å². The number of aromatic nitrogens is 4. The van der Waals surface area contributed by atoms with Crippen molar-refractivity contribution in [3.05, 3.63) is 98.2 Å². The zero-order valence-corrected chi connectivity index (χ0v) is 23.3. The lowest BCUT2D eigenvalue weighted by atomic mass is 9.94. The van der Waals surface area contributed by atoms with E-state index in [0.29, 0.717) is 38.8 Å². The van der Waals surface area contributed by atoms with Crippen molar-refractivity contribution in [2.24, 2.45) is 0 Å². The Morgan fingerprint density at radius 2 is 1.90 bits per heavy atom. The van der Waals surface area contributed by atoms with Crippen molar-refractivity contribution < 1.29 is 14.3 Å². The first-order valence-electron chi connectivity index (χ1n) is 12.1. The monoisotopic (exact) mass is 564 g/mol. The van der Waals surface area contributed by atoms with Crippen molar-refractivity contribution in [1.29, 1.82) is 0 Å². The van der Waals surface area contributed by atoms with Crippen molar-refractivity contribution in [1.82, 2.24) is 20.2 Å². The molecule has 3 aromatic carbocycles. The van der Waals surface area contributed by atoms with E-state index in [2.05, 4.69) is 26.2 Å². The van der Waals surface area contributed by atoms with Crippen LogP contribution in [0.3, 0.4) is 0 Å². The van der Waals surface area contributed by atoms with Gasteiger partial charge < -0.3 is 20.1 Å². The lowest BCUT2D eigenvalue weighted by Gasteiger charge is -2.28. The van der Waals surface area contributed by atoms with Crippen LogP contribution in [0.25, 0.3) is 0 Å². The van der Waals surface area contributed by atoms with E-state index in [4.69, 9.17) is 32.7 Å². The van der Waals surface area contributed by atoms with Gasteiger partial charge in [-0.2, -0.15) is 4.68 Å². The third-order valence-corrected chi connectivity index (χ3v) is 7.30. The zero-order chi connectivity index (χ0) is 27.7. The number of ether oxygens (including phenoxy) is 2. The van der Waals surface area contributed by atoms with Gasteiger partial charge in [-0.1, -0.05) is 52.6 Å². The topological polar surface area (TPSA) is 103 Å². The van der Waals surface area contributed by atoms with E-state index in [9.17, 15) is 4.79 Å².